The average molecular weight is 687 g/mol. The predicted octanol–water partition coefficient (Wildman–Crippen LogP) is 7.64. The zero-order chi connectivity index (χ0) is 35.5. The van der Waals surface area contributed by atoms with E-state index in [1.165, 1.54) is 11.1 Å². The number of benzene rings is 1. The van der Waals surface area contributed by atoms with Gasteiger partial charge >= 0.3 is 6.09 Å². The van der Waals surface area contributed by atoms with Crippen LogP contribution < -0.4 is 15.0 Å². The number of nitrogens with one attached hydrogen (secondary N) is 1. The molecule has 10 nitrogen and oxygen atoms in total. The van der Waals surface area contributed by atoms with Crippen LogP contribution in [0.1, 0.15) is 108 Å². The summed E-state index contributed by atoms with van der Waals surface area (Å²) >= 11 is 0. The van der Waals surface area contributed by atoms with Gasteiger partial charge in [0.05, 0.1) is 7.11 Å². The zero-order valence-corrected chi connectivity index (χ0v) is 30.4. The highest BCUT2D eigenvalue weighted by Gasteiger charge is 2.51. The summed E-state index contributed by atoms with van der Waals surface area (Å²) in [6.45, 7) is 9.36. The molecular weight excluding hydrogens is 632 g/mol. The number of hydrogen-bond donors (Lipinski definition) is 2. The number of anilines is 1. The SMILES string of the molecule is COc1ccc(C23CCC(CN(C(=O)C4CCC(OC(=O)NCCCO)CC4)c4cc(-c5coc(C(C)(C)C)n5)ccn4)(CC2)CC3)cc1C. The summed E-state index contributed by atoms with van der Waals surface area (Å²) in [5.41, 5.74) is 4.16. The summed E-state index contributed by atoms with van der Waals surface area (Å²) in [5, 5.41) is 11.7. The molecule has 270 valence electrons. The van der Waals surface area contributed by atoms with E-state index in [1.54, 1.807) is 19.6 Å². The number of aromatic nitrogens is 2. The Balaban J connectivity index is 1.21. The Hall–Kier alpha value is -3.92. The number of rotatable bonds is 11. The molecule has 2 amide bonds. The third-order valence-electron chi connectivity index (χ3n) is 11.5. The smallest absolute Gasteiger partial charge is 0.407 e. The minimum Gasteiger partial charge on any atom is -0.496 e. The fourth-order valence-corrected chi connectivity index (χ4v) is 8.34. The predicted molar refractivity (Wildman–Crippen MR) is 192 cm³/mol. The minimum absolute atomic E-state index is 0.0167. The van der Waals surface area contributed by atoms with Crippen LogP contribution in [0.5, 0.6) is 5.75 Å². The molecule has 4 fully saturated rings. The lowest BCUT2D eigenvalue weighted by atomic mass is 9.51. The number of aryl methyl sites for hydroxylation is 1. The standard InChI is InChI=1S/C40H54N4O6/c1-27-23-30(9-12-33(27)48-5)40-17-14-39(15-18-40,16-19-40)26-44(34-24-29(13-21-41-34)32-25-49-36(43-32)38(2,3)4)35(46)28-7-10-31(11-8-28)50-37(47)42-20-6-22-45/h9,12-13,21,23-25,28,31,45H,6-8,10-11,14-20,22,26H2,1-5H3,(H,42,47). The van der Waals surface area contributed by atoms with E-state index in [9.17, 15) is 9.59 Å². The van der Waals surface area contributed by atoms with E-state index in [4.69, 9.17) is 29.0 Å². The summed E-state index contributed by atoms with van der Waals surface area (Å²) in [7, 11) is 1.72. The van der Waals surface area contributed by atoms with Crippen molar-refractivity contribution in [3.8, 4) is 17.0 Å². The van der Waals surface area contributed by atoms with Crippen molar-refractivity contribution in [3.63, 3.8) is 0 Å². The van der Waals surface area contributed by atoms with Gasteiger partial charge in [0.1, 0.15) is 29.6 Å². The monoisotopic (exact) mass is 686 g/mol. The highest BCUT2D eigenvalue weighted by molar-refractivity contribution is 5.95. The van der Waals surface area contributed by atoms with Crippen LogP contribution in [0.3, 0.4) is 0 Å². The van der Waals surface area contributed by atoms with Crippen molar-refractivity contribution in [1.29, 1.82) is 0 Å². The number of aliphatic hydroxyl groups excluding tert-OH is 1. The molecule has 3 aromatic rings. The normalized spacial score (nSPS) is 24.8. The maximum atomic E-state index is 14.6. The van der Waals surface area contributed by atoms with E-state index in [1.807, 2.05) is 17.0 Å². The molecule has 0 unspecified atom stereocenters. The van der Waals surface area contributed by atoms with Crippen LogP contribution in [0, 0.1) is 18.3 Å². The Morgan fingerprint density at radius 2 is 1.76 bits per heavy atom. The lowest BCUT2D eigenvalue weighted by Gasteiger charge is -2.55. The topological polar surface area (TPSA) is 127 Å². The van der Waals surface area contributed by atoms with Crippen LogP contribution in [-0.4, -0.2) is 60.0 Å². The molecule has 0 aliphatic heterocycles. The highest BCUT2D eigenvalue weighted by Crippen LogP contribution is 2.58. The van der Waals surface area contributed by atoms with Crippen molar-refractivity contribution in [1.82, 2.24) is 15.3 Å². The third-order valence-corrected chi connectivity index (χ3v) is 11.5. The first kappa shape index (κ1) is 35.9. The maximum absolute atomic E-state index is 14.6. The highest BCUT2D eigenvalue weighted by atomic mass is 16.6. The van der Waals surface area contributed by atoms with Gasteiger partial charge < -0.3 is 24.3 Å². The van der Waals surface area contributed by atoms with E-state index >= 15 is 0 Å². The molecule has 2 aromatic heterocycles. The number of oxazole rings is 1. The fourth-order valence-electron chi connectivity index (χ4n) is 8.34. The number of nitrogens with zero attached hydrogens (tertiary/aromatic N) is 3. The summed E-state index contributed by atoms with van der Waals surface area (Å²) < 4.78 is 17.0. The molecular formula is C40H54N4O6. The Bertz CT molecular complexity index is 1630. The molecule has 0 atom stereocenters. The lowest BCUT2D eigenvalue weighted by molar-refractivity contribution is -0.124. The van der Waals surface area contributed by atoms with Crippen molar-refractivity contribution in [2.24, 2.45) is 11.3 Å². The Morgan fingerprint density at radius 3 is 2.38 bits per heavy atom. The summed E-state index contributed by atoms with van der Waals surface area (Å²) in [5.74, 6) is 2.16. The lowest BCUT2D eigenvalue weighted by Crippen LogP contribution is -2.52. The quantitative estimate of drug-likeness (QED) is 0.197. The molecule has 2 N–H and O–H groups in total. The maximum Gasteiger partial charge on any atom is 0.407 e. The number of methoxy groups -OCH3 is 1. The van der Waals surface area contributed by atoms with Crippen molar-refractivity contribution >= 4 is 17.8 Å². The van der Waals surface area contributed by atoms with Gasteiger partial charge in [0, 0.05) is 42.8 Å². The van der Waals surface area contributed by atoms with Gasteiger partial charge in [-0.3, -0.25) is 9.69 Å². The number of amides is 2. The molecule has 0 spiro atoms. The van der Waals surface area contributed by atoms with Crippen LogP contribution in [0.2, 0.25) is 0 Å². The van der Waals surface area contributed by atoms with Crippen molar-refractivity contribution in [3.05, 3.63) is 59.8 Å². The molecule has 7 rings (SSSR count). The van der Waals surface area contributed by atoms with Crippen molar-refractivity contribution < 1.29 is 28.6 Å². The number of carbonyl (C=O) groups excluding carboxylic acids is 2. The molecule has 2 bridgehead atoms. The molecule has 0 radical (unpaired) electrons. The molecule has 1 aromatic carbocycles. The van der Waals surface area contributed by atoms with Crippen molar-refractivity contribution in [2.75, 3.05) is 31.7 Å². The second-order valence-electron chi connectivity index (χ2n) is 16.0. The number of ether oxygens (including phenoxy) is 2. The van der Waals surface area contributed by atoms with E-state index < -0.39 is 6.09 Å². The van der Waals surface area contributed by atoms with Crippen molar-refractivity contribution in [2.45, 2.75) is 115 Å². The first-order chi connectivity index (χ1) is 23.9. The minimum atomic E-state index is -0.465. The van der Waals surface area contributed by atoms with Crippen LogP contribution in [-0.2, 0) is 20.4 Å². The zero-order valence-electron chi connectivity index (χ0n) is 30.4. The molecule has 0 saturated heterocycles. The first-order valence-corrected chi connectivity index (χ1v) is 18.4. The number of aliphatic hydroxyl groups is 1. The molecule has 2 heterocycles. The molecule has 4 saturated carbocycles. The van der Waals surface area contributed by atoms with Gasteiger partial charge in [0.2, 0.25) is 5.91 Å². The third kappa shape index (κ3) is 7.70. The Labute approximate surface area is 296 Å². The molecule has 4 aliphatic rings. The molecule has 4 aliphatic carbocycles. The van der Waals surface area contributed by atoms with E-state index in [0.29, 0.717) is 56.9 Å². The fraction of sp³-hybridized carbons (Fsp3) is 0.600. The van der Waals surface area contributed by atoms with E-state index in [0.717, 1.165) is 55.5 Å². The second kappa shape index (κ2) is 14.7. The summed E-state index contributed by atoms with van der Waals surface area (Å²) in [6.07, 6.45) is 12.3. The van der Waals surface area contributed by atoms with Gasteiger partial charge in [-0.1, -0.05) is 32.9 Å². The van der Waals surface area contributed by atoms with Gasteiger partial charge in [0.25, 0.3) is 0 Å². The van der Waals surface area contributed by atoms with Crippen LogP contribution in [0.15, 0.2) is 47.2 Å². The van der Waals surface area contributed by atoms with Gasteiger partial charge in [-0.2, -0.15) is 0 Å². The van der Waals surface area contributed by atoms with Crippen LogP contribution in [0.25, 0.3) is 11.3 Å². The average Bonchev–Trinajstić information content (AvgIpc) is 3.64. The number of pyridine rings is 1. The summed E-state index contributed by atoms with van der Waals surface area (Å²) in [4.78, 5) is 38.4. The van der Waals surface area contributed by atoms with Crippen LogP contribution in [0.4, 0.5) is 10.6 Å². The second-order valence-corrected chi connectivity index (χ2v) is 16.0. The Kier molecular flexibility index (Phi) is 10.6. The van der Waals surface area contributed by atoms with Gasteiger partial charge in [-0.25, -0.2) is 14.8 Å². The number of alkyl carbamates (subject to hydrolysis) is 1. The van der Waals surface area contributed by atoms with Crippen LogP contribution >= 0.6 is 0 Å². The number of carbonyl (C=O) groups is 2. The van der Waals surface area contributed by atoms with Gasteiger partial charge in [-0.05, 0) is 118 Å². The number of fused-ring (bicyclic) bond motifs is 3. The Morgan fingerprint density at radius 1 is 1.04 bits per heavy atom. The van der Waals surface area contributed by atoms with E-state index in [2.05, 4.69) is 51.2 Å². The van der Waals surface area contributed by atoms with Gasteiger partial charge in [-0.15, -0.1) is 0 Å². The summed E-state index contributed by atoms with van der Waals surface area (Å²) in [6, 6.07) is 10.6. The number of hydrogen-bond acceptors (Lipinski definition) is 8. The molecule has 50 heavy (non-hydrogen) atoms. The largest absolute Gasteiger partial charge is 0.496 e. The van der Waals surface area contributed by atoms with Gasteiger partial charge in [0.15, 0.2) is 5.89 Å². The van der Waals surface area contributed by atoms with E-state index in [-0.39, 0.29) is 40.8 Å². The molecule has 10 heteroatoms. The first-order valence-electron chi connectivity index (χ1n) is 18.4.